The molecule has 0 atom stereocenters. The molecule has 13 aromatic rings. The van der Waals surface area contributed by atoms with Crippen molar-refractivity contribution >= 4 is 65.2 Å². The van der Waals surface area contributed by atoms with Crippen LogP contribution in [0.2, 0.25) is 0 Å². The first-order chi connectivity index (χ1) is 31.7. The van der Waals surface area contributed by atoms with Crippen LogP contribution in [0.5, 0.6) is 0 Å². The highest BCUT2D eigenvalue weighted by molar-refractivity contribution is 6.20. The maximum atomic E-state index is 2.47. The summed E-state index contributed by atoms with van der Waals surface area (Å²) in [5, 5.41) is 10.1. The Balaban J connectivity index is 0.892. The molecular weight excluding hydrogens is 773 g/mol. The first kappa shape index (κ1) is 35.2. The van der Waals surface area contributed by atoms with Crippen LogP contribution in [0.1, 0.15) is 0 Å². The minimum absolute atomic E-state index is 1.15. The molecule has 0 bridgehead atoms. The Hall–Kier alpha value is -8.46. The summed E-state index contributed by atoms with van der Waals surface area (Å²) in [5.74, 6) is 0. The molecule has 2 aromatic heterocycles. The van der Waals surface area contributed by atoms with Crippen LogP contribution in [0.3, 0.4) is 0 Å². The number of aromatic nitrogens is 2. The van der Waals surface area contributed by atoms with E-state index in [1.807, 2.05) is 0 Å². The molecule has 0 aliphatic heterocycles. The molecule has 0 unspecified atom stereocenters. The van der Waals surface area contributed by atoms with E-state index in [-0.39, 0.29) is 0 Å². The molecular formula is C62H38N2. The second kappa shape index (κ2) is 13.5. The fourth-order valence-corrected chi connectivity index (χ4v) is 10.9. The van der Waals surface area contributed by atoms with E-state index >= 15 is 0 Å². The number of rotatable bonds is 5. The first-order valence-corrected chi connectivity index (χ1v) is 22.2. The van der Waals surface area contributed by atoms with Crippen molar-refractivity contribution < 1.29 is 0 Å². The molecule has 0 amide bonds. The molecule has 0 fully saturated rings. The van der Waals surface area contributed by atoms with Crippen LogP contribution in [0.15, 0.2) is 231 Å². The van der Waals surface area contributed by atoms with Gasteiger partial charge in [0.25, 0.3) is 0 Å². The van der Waals surface area contributed by atoms with Gasteiger partial charge in [-0.25, -0.2) is 0 Å². The molecule has 2 nitrogen and oxygen atoms in total. The quantitative estimate of drug-likeness (QED) is 0.164. The van der Waals surface area contributed by atoms with Crippen LogP contribution in [0.25, 0.3) is 132 Å². The second-order valence-corrected chi connectivity index (χ2v) is 17.3. The van der Waals surface area contributed by atoms with E-state index in [0.29, 0.717) is 0 Å². The maximum absolute atomic E-state index is 2.47. The molecule has 64 heavy (non-hydrogen) atoms. The van der Waals surface area contributed by atoms with E-state index in [1.54, 1.807) is 0 Å². The third kappa shape index (κ3) is 5.14. The third-order valence-electron chi connectivity index (χ3n) is 13.8. The molecule has 14 rings (SSSR count). The molecule has 1 aliphatic carbocycles. The predicted molar refractivity (Wildman–Crippen MR) is 271 cm³/mol. The smallest absolute Gasteiger partial charge is 0.0619 e. The van der Waals surface area contributed by atoms with Crippen molar-refractivity contribution in [1.82, 2.24) is 9.13 Å². The van der Waals surface area contributed by atoms with Gasteiger partial charge < -0.3 is 9.13 Å². The van der Waals surface area contributed by atoms with Crippen molar-refractivity contribution in [3.63, 3.8) is 0 Å². The summed E-state index contributed by atoms with van der Waals surface area (Å²) in [4.78, 5) is 0. The van der Waals surface area contributed by atoms with Crippen molar-refractivity contribution in [2.24, 2.45) is 0 Å². The summed E-state index contributed by atoms with van der Waals surface area (Å²) in [6.07, 6.45) is 0. The Kier molecular flexibility index (Phi) is 7.43. The van der Waals surface area contributed by atoms with Crippen LogP contribution >= 0.6 is 0 Å². The SMILES string of the molecule is c1ccc(-c2cccc(-n3c4ccccc4c4cc(-c5ccc6c(c5)c5ccc7ccccc7c5n6-c5ccc(-c6ccc7c(c6)-c6cccc8cccc-7c68)cc5)ccc43)c2)cc1. The van der Waals surface area contributed by atoms with Gasteiger partial charge in [0.2, 0.25) is 0 Å². The molecule has 0 N–H and O–H groups in total. The van der Waals surface area contributed by atoms with Gasteiger partial charge in [0, 0.05) is 38.3 Å². The average Bonchev–Trinajstić information content (AvgIpc) is 4.00. The lowest BCUT2D eigenvalue weighted by molar-refractivity contribution is 1.18. The topological polar surface area (TPSA) is 9.86 Å². The van der Waals surface area contributed by atoms with Crippen LogP contribution in [0, 0.1) is 0 Å². The van der Waals surface area contributed by atoms with E-state index < -0.39 is 0 Å². The van der Waals surface area contributed by atoms with Crippen LogP contribution in [-0.4, -0.2) is 9.13 Å². The third-order valence-corrected chi connectivity index (χ3v) is 13.8. The Bertz CT molecular complexity index is 4050. The summed E-state index contributed by atoms with van der Waals surface area (Å²) in [6, 6.07) is 85.3. The van der Waals surface area contributed by atoms with Gasteiger partial charge in [0.15, 0.2) is 0 Å². The maximum Gasteiger partial charge on any atom is 0.0619 e. The van der Waals surface area contributed by atoms with E-state index in [0.717, 1.165) is 11.4 Å². The number of benzene rings is 11. The summed E-state index contributed by atoms with van der Waals surface area (Å²) in [5.41, 5.74) is 19.7. The molecule has 0 spiro atoms. The van der Waals surface area contributed by atoms with E-state index in [1.165, 1.54) is 121 Å². The highest BCUT2D eigenvalue weighted by Crippen LogP contribution is 2.48. The van der Waals surface area contributed by atoms with Gasteiger partial charge in [-0.05, 0) is 132 Å². The zero-order valence-corrected chi connectivity index (χ0v) is 34.8. The summed E-state index contributed by atoms with van der Waals surface area (Å²) < 4.78 is 4.89. The van der Waals surface area contributed by atoms with Gasteiger partial charge in [-0.3, -0.25) is 0 Å². The van der Waals surface area contributed by atoms with Gasteiger partial charge >= 0.3 is 0 Å². The zero-order chi connectivity index (χ0) is 41.9. The molecule has 0 saturated carbocycles. The number of para-hydroxylation sites is 1. The van der Waals surface area contributed by atoms with Crippen LogP contribution in [-0.2, 0) is 0 Å². The molecule has 2 heterocycles. The molecule has 0 radical (unpaired) electrons. The van der Waals surface area contributed by atoms with Gasteiger partial charge in [-0.15, -0.1) is 0 Å². The number of hydrogen-bond acceptors (Lipinski definition) is 0. The van der Waals surface area contributed by atoms with Crippen LogP contribution in [0.4, 0.5) is 0 Å². The van der Waals surface area contributed by atoms with Crippen molar-refractivity contribution in [1.29, 1.82) is 0 Å². The molecule has 1 aliphatic rings. The Morgan fingerprint density at radius 1 is 0.234 bits per heavy atom. The molecule has 0 saturated heterocycles. The first-order valence-electron chi connectivity index (χ1n) is 22.2. The van der Waals surface area contributed by atoms with Crippen molar-refractivity contribution in [3.05, 3.63) is 231 Å². The molecule has 296 valence electrons. The van der Waals surface area contributed by atoms with E-state index in [2.05, 4.69) is 240 Å². The fourth-order valence-electron chi connectivity index (χ4n) is 10.9. The standard InChI is InChI=1S/C62H38N2/c1-2-11-39(12-3-1)43-16-8-17-48(35-43)63-58-22-7-6-19-51(58)56-37-45(27-33-59(56)63)46-28-34-60-57(38-46)54-32-25-41-13-4-5-18-49(41)62(54)64(60)47-29-23-40(24-30-47)44-26-31-50-52-20-9-14-42-15-10-21-53(61(42)52)55(50)36-44/h1-38H. The van der Waals surface area contributed by atoms with Gasteiger partial charge in [0.1, 0.15) is 0 Å². The lowest BCUT2D eigenvalue weighted by atomic mass is 9.97. The largest absolute Gasteiger partial charge is 0.309 e. The predicted octanol–water partition coefficient (Wildman–Crippen LogP) is 16.8. The van der Waals surface area contributed by atoms with Gasteiger partial charge in [-0.1, -0.05) is 170 Å². The second-order valence-electron chi connectivity index (χ2n) is 17.3. The summed E-state index contributed by atoms with van der Waals surface area (Å²) in [7, 11) is 0. The number of fused-ring (bicyclic) bond motifs is 11. The van der Waals surface area contributed by atoms with Gasteiger partial charge in [-0.2, -0.15) is 0 Å². The van der Waals surface area contributed by atoms with E-state index in [4.69, 9.17) is 0 Å². The zero-order valence-electron chi connectivity index (χ0n) is 34.8. The Morgan fingerprint density at radius 3 is 1.61 bits per heavy atom. The monoisotopic (exact) mass is 810 g/mol. The van der Waals surface area contributed by atoms with Crippen molar-refractivity contribution in [2.75, 3.05) is 0 Å². The minimum Gasteiger partial charge on any atom is -0.309 e. The molecule has 2 heteroatoms. The Labute approximate surface area is 370 Å². The highest BCUT2D eigenvalue weighted by atomic mass is 15.0. The van der Waals surface area contributed by atoms with Gasteiger partial charge in [0.05, 0.1) is 22.1 Å². The number of nitrogens with zero attached hydrogens (tertiary/aromatic N) is 2. The summed E-state index contributed by atoms with van der Waals surface area (Å²) in [6.45, 7) is 0. The minimum atomic E-state index is 1.15. The van der Waals surface area contributed by atoms with Crippen molar-refractivity contribution in [3.8, 4) is 67.0 Å². The fraction of sp³-hybridized carbons (Fsp3) is 0. The summed E-state index contributed by atoms with van der Waals surface area (Å²) >= 11 is 0. The Morgan fingerprint density at radius 2 is 0.797 bits per heavy atom. The van der Waals surface area contributed by atoms with Crippen molar-refractivity contribution in [2.45, 2.75) is 0 Å². The average molecular weight is 811 g/mol. The lowest BCUT2D eigenvalue weighted by Gasteiger charge is -2.12. The van der Waals surface area contributed by atoms with Crippen LogP contribution < -0.4 is 0 Å². The van der Waals surface area contributed by atoms with E-state index in [9.17, 15) is 0 Å². The normalized spacial score (nSPS) is 12.1. The highest BCUT2D eigenvalue weighted by Gasteiger charge is 2.22. The lowest BCUT2D eigenvalue weighted by Crippen LogP contribution is -1.95. The number of hydrogen-bond donors (Lipinski definition) is 0. The molecule has 11 aromatic carbocycles.